The fourth-order valence-electron chi connectivity index (χ4n) is 1.60. The predicted octanol–water partition coefficient (Wildman–Crippen LogP) is 1.12. The van der Waals surface area contributed by atoms with Crippen LogP contribution in [0.1, 0.15) is 11.1 Å². The van der Waals surface area contributed by atoms with Crippen LogP contribution in [0.25, 0.3) is 0 Å². The second kappa shape index (κ2) is 4.99. The van der Waals surface area contributed by atoms with Crippen LogP contribution in [0, 0.1) is 13.8 Å². The summed E-state index contributed by atoms with van der Waals surface area (Å²) in [5.74, 6) is 0. The van der Waals surface area contributed by atoms with E-state index in [1.807, 2.05) is 24.3 Å². The van der Waals surface area contributed by atoms with Gasteiger partial charge in [0.05, 0.1) is 0 Å². The van der Waals surface area contributed by atoms with Crippen LogP contribution >= 0.6 is 0 Å². The zero-order valence-electron chi connectivity index (χ0n) is 10.0. The van der Waals surface area contributed by atoms with Crippen LogP contribution in [0.4, 0.5) is 11.4 Å². The Morgan fingerprint density at radius 3 is 1.59 bits per heavy atom. The molecule has 0 unspecified atom stereocenters. The third-order valence-corrected chi connectivity index (χ3v) is 6.65. The first-order chi connectivity index (χ1) is 8.09. The quantitative estimate of drug-likeness (QED) is 0.636. The van der Waals surface area contributed by atoms with E-state index < -0.39 is 20.9 Å². The van der Waals surface area contributed by atoms with Crippen molar-refractivity contribution >= 4 is 39.5 Å². The predicted molar refractivity (Wildman–Crippen MR) is 76.2 cm³/mol. The van der Waals surface area contributed by atoms with Gasteiger partial charge in [0, 0.05) is 0 Å². The molecular formula is C14H16N2Te. The van der Waals surface area contributed by atoms with E-state index in [4.69, 9.17) is 11.5 Å². The van der Waals surface area contributed by atoms with Crippen molar-refractivity contribution in [1.82, 2.24) is 0 Å². The number of hydrogen-bond acceptors (Lipinski definition) is 2. The summed E-state index contributed by atoms with van der Waals surface area (Å²) >= 11 is -0.407. The second-order valence-electron chi connectivity index (χ2n) is 4.04. The summed E-state index contributed by atoms with van der Waals surface area (Å²) in [4.78, 5) is 0. The Morgan fingerprint density at radius 1 is 0.765 bits per heavy atom. The fourth-order valence-corrected chi connectivity index (χ4v) is 4.66. The number of anilines is 2. The number of hydrogen-bond donors (Lipinski definition) is 2. The Balaban J connectivity index is 2.38. The Bertz CT molecular complexity index is 500. The van der Waals surface area contributed by atoms with Crippen LogP contribution < -0.4 is 18.7 Å². The van der Waals surface area contributed by atoms with Crippen LogP contribution in [0.2, 0.25) is 0 Å². The number of nitrogens with two attached hydrogens (primary N) is 2. The second-order valence-corrected chi connectivity index (χ2v) is 7.14. The van der Waals surface area contributed by atoms with Gasteiger partial charge in [0.15, 0.2) is 0 Å². The molecule has 3 heteroatoms. The molecule has 0 saturated heterocycles. The van der Waals surface area contributed by atoms with E-state index in [0.29, 0.717) is 0 Å². The molecule has 0 bridgehead atoms. The summed E-state index contributed by atoms with van der Waals surface area (Å²) in [6.07, 6.45) is 0. The minimum atomic E-state index is -0.407. The van der Waals surface area contributed by atoms with Gasteiger partial charge in [-0.05, 0) is 0 Å². The molecule has 0 aromatic heterocycles. The van der Waals surface area contributed by atoms with Crippen LogP contribution in [0.15, 0.2) is 36.4 Å². The molecule has 0 atom stereocenters. The van der Waals surface area contributed by atoms with Crippen molar-refractivity contribution in [1.29, 1.82) is 0 Å². The molecule has 2 rings (SSSR count). The number of rotatable bonds is 2. The zero-order chi connectivity index (χ0) is 12.4. The van der Waals surface area contributed by atoms with Gasteiger partial charge in [-0.1, -0.05) is 0 Å². The molecule has 0 heterocycles. The Labute approximate surface area is 112 Å². The Morgan fingerprint density at radius 2 is 1.18 bits per heavy atom. The first-order valence-corrected chi connectivity index (χ1v) is 7.80. The summed E-state index contributed by atoms with van der Waals surface area (Å²) in [6.45, 7) is 4.19. The van der Waals surface area contributed by atoms with Crippen LogP contribution in [0.5, 0.6) is 0 Å². The molecule has 4 N–H and O–H groups in total. The van der Waals surface area contributed by atoms with Crippen molar-refractivity contribution in [3.63, 3.8) is 0 Å². The molecule has 0 amide bonds. The third kappa shape index (κ3) is 2.57. The normalized spacial score (nSPS) is 10.5. The van der Waals surface area contributed by atoms with Gasteiger partial charge < -0.3 is 0 Å². The summed E-state index contributed by atoms with van der Waals surface area (Å²) in [6, 6.07) is 12.3. The van der Waals surface area contributed by atoms with E-state index >= 15 is 0 Å². The van der Waals surface area contributed by atoms with Crippen molar-refractivity contribution in [3.05, 3.63) is 47.5 Å². The monoisotopic (exact) mass is 342 g/mol. The average Bonchev–Trinajstić information content (AvgIpc) is 2.31. The van der Waals surface area contributed by atoms with E-state index in [1.165, 1.54) is 18.3 Å². The molecule has 2 aromatic rings. The van der Waals surface area contributed by atoms with Gasteiger partial charge in [-0.15, -0.1) is 0 Å². The molecule has 88 valence electrons. The summed E-state index contributed by atoms with van der Waals surface area (Å²) in [7, 11) is 0. The number of benzene rings is 2. The molecule has 0 spiro atoms. The maximum absolute atomic E-state index is 5.94. The summed E-state index contributed by atoms with van der Waals surface area (Å²) in [5.41, 5.74) is 16.1. The van der Waals surface area contributed by atoms with Crippen molar-refractivity contribution in [2.45, 2.75) is 13.8 Å². The van der Waals surface area contributed by atoms with E-state index in [2.05, 4.69) is 26.0 Å². The minimum absolute atomic E-state index is 0.407. The topological polar surface area (TPSA) is 52.0 Å². The first-order valence-electron chi connectivity index (χ1n) is 5.47. The molecule has 0 aliphatic rings. The van der Waals surface area contributed by atoms with Crippen molar-refractivity contribution < 1.29 is 0 Å². The van der Waals surface area contributed by atoms with Crippen molar-refractivity contribution in [2.75, 3.05) is 11.5 Å². The van der Waals surface area contributed by atoms with Gasteiger partial charge in [0.2, 0.25) is 0 Å². The van der Waals surface area contributed by atoms with E-state index in [1.54, 1.807) is 0 Å². The molecule has 0 aliphatic carbocycles. The van der Waals surface area contributed by atoms with Gasteiger partial charge in [0.25, 0.3) is 0 Å². The Hall–Kier alpha value is -1.17. The van der Waals surface area contributed by atoms with Crippen LogP contribution in [-0.2, 0) is 0 Å². The van der Waals surface area contributed by atoms with Crippen molar-refractivity contribution in [3.8, 4) is 0 Å². The SMILES string of the molecule is Cc1c(N)cccc1[Te]c1cccc(N)c1C. The van der Waals surface area contributed by atoms with Gasteiger partial charge >= 0.3 is 112 Å². The number of nitrogen functional groups attached to an aromatic ring is 2. The van der Waals surface area contributed by atoms with Crippen LogP contribution in [0.3, 0.4) is 0 Å². The first kappa shape index (κ1) is 12.3. The molecule has 0 saturated carbocycles. The van der Waals surface area contributed by atoms with Crippen LogP contribution in [-0.4, -0.2) is 20.9 Å². The molecule has 2 nitrogen and oxygen atoms in total. The van der Waals surface area contributed by atoms with Gasteiger partial charge in [-0.3, -0.25) is 0 Å². The maximum atomic E-state index is 5.94. The molecule has 0 fully saturated rings. The summed E-state index contributed by atoms with van der Waals surface area (Å²) < 4.78 is 2.79. The van der Waals surface area contributed by atoms with E-state index in [-0.39, 0.29) is 0 Å². The standard InChI is InChI=1S/C14H16N2Te/c1-9-11(15)5-3-7-13(9)17-14-8-4-6-12(16)10(14)2/h3-8H,15-16H2,1-2H3. The van der Waals surface area contributed by atoms with E-state index in [0.717, 1.165) is 11.4 Å². The fraction of sp³-hybridized carbons (Fsp3) is 0.143. The Kier molecular flexibility index (Phi) is 3.61. The third-order valence-electron chi connectivity index (χ3n) is 2.87. The molecule has 0 radical (unpaired) electrons. The molecule has 17 heavy (non-hydrogen) atoms. The zero-order valence-corrected chi connectivity index (χ0v) is 12.4. The summed E-state index contributed by atoms with van der Waals surface area (Å²) in [5, 5.41) is 0. The van der Waals surface area contributed by atoms with Gasteiger partial charge in [-0.2, -0.15) is 0 Å². The molecule has 2 aromatic carbocycles. The van der Waals surface area contributed by atoms with E-state index in [9.17, 15) is 0 Å². The average molecular weight is 340 g/mol. The van der Waals surface area contributed by atoms with Gasteiger partial charge in [0.1, 0.15) is 0 Å². The van der Waals surface area contributed by atoms with Gasteiger partial charge in [-0.25, -0.2) is 0 Å². The molecular weight excluding hydrogens is 324 g/mol. The van der Waals surface area contributed by atoms with Crippen molar-refractivity contribution in [2.24, 2.45) is 0 Å². The molecule has 0 aliphatic heterocycles.